The molecular weight excluding hydrogens is 409 g/mol. The molecule has 1 aliphatic heterocycles. The Hall–Kier alpha value is -2.84. The number of amides is 1. The third kappa shape index (κ3) is 6.32. The number of carbonyl (C=O) groups excluding carboxylic acids is 3. The molecule has 1 aliphatic rings. The summed E-state index contributed by atoms with van der Waals surface area (Å²) in [5.74, 6) is -7.12. The van der Waals surface area contributed by atoms with Crippen LogP contribution < -0.4 is 10.5 Å². The molecule has 8 nitrogen and oxygen atoms in total. The molecule has 31 heavy (non-hydrogen) atoms. The van der Waals surface area contributed by atoms with Gasteiger partial charge >= 0.3 is 11.9 Å². The number of nitrogens with two attached hydrogens (primary N) is 1. The number of benzene rings is 1. The van der Waals surface area contributed by atoms with E-state index in [0.717, 1.165) is 6.07 Å². The number of fused-ring (bicyclic) bond motifs is 1. The van der Waals surface area contributed by atoms with Crippen molar-refractivity contribution < 1.29 is 38.1 Å². The predicted molar refractivity (Wildman–Crippen MR) is 109 cm³/mol. The number of primary amides is 1. The van der Waals surface area contributed by atoms with E-state index in [0.29, 0.717) is 0 Å². The topological polar surface area (TPSA) is 125 Å². The van der Waals surface area contributed by atoms with Crippen LogP contribution in [0.15, 0.2) is 12.1 Å². The van der Waals surface area contributed by atoms with E-state index in [9.17, 15) is 23.9 Å². The van der Waals surface area contributed by atoms with Gasteiger partial charge in [0.05, 0.1) is 24.9 Å². The Kier molecular flexibility index (Phi) is 6.87. The van der Waals surface area contributed by atoms with Crippen LogP contribution in [0.25, 0.3) is 0 Å². The van der Waals surface area contributed by atoms with Crippen LogP contribution in [-0.4, -0.2) is 40.8 Å². The molecule has 172 valence electrons. The molecule has 3 N–H and O–H groups in total. The first-order chi connectivity index (χ1) is 14.1. The lowest BCUT2D eigenvalue weighted by Crippen LogP contribution is -2.43. The second-order valence-electron chi connectivity index (χ2n) is 9.62. The average Bonchev–Trinajstić information content (AvgIpc) is 2.94. The van der Waals surface area contributed by atoms with Crippen molar-refractivity contribution in [2.75, 3.05) is 6.61 Å². The number of phenolic OH excluding ortho intramolecular Hbond substituents is 1. The number of phenols is 1. The van der Waals surface area contributed by atoms with Gasteiger partial charge in [-0.1, -0.05) is 0 Å². The highest BCUT2D eigenvalue weighted by molar-refractivity contribution is 5.88. The van der Waals surface area contributed by atoms with Crippen molar-refractivity contribution in [3.05, 3.63) is 23.5 Å². The van der Waals surface area contributed by atoms with Crippen LogP contribution in [0.1, 0.15) is 59.4 Å². The maximum absolute atomic E-state index is 14.6. The van der Waals surface area contributed by atoms with E-state index < -0.39 is 59.0 Å². The van der Waals surface area contributed by atoms with Crippen molar-refractivity contribution in [2.45, 2.75) is 65.1 Å². The normalized spacial score (nSPS) is 17.8. The van der Waals surface area contributed by atoms with Gasteiger partial charge in [-0.3, -0.25) is 14.4 Å². The molecule has 2 unspecified atom stereocenters. The summed E-state index contributed by atoms with van der Waals surface area (Å²) in [6.07, 6.45) is -0.481. The lowest BCUT2D eigenvalue weighted by molar-refractivity contribution is -0.170. The zero-order valence-electron chi connectivity index (χ0n) is 18.7. The molecule has 0 aromatic heterocycles. The number of aromatic hydroxyl groups is 1. The van der Waals surface area contributed by atoms with Gasteiger partial charge in [-0.2, -0.15) is 0 Å². The molecule has 0 saturated carbocycles. The molecule has 9 heteroatoms. The third-order valence-electron chi connectivity index (χ3n) is 4.58. The lowest BCUT2D eigenvalue weighted by atomic mass is 9.76. The smallest absolute Gasteiger partial charge is 0.310 e. The summed E-state index contributed by atoms with van der Waals surface area (Å²) >= 11 is 0. The first-order valence-electron chi connectivity index (χ1n) is 9.98. The van der Waals surface area contributed by atoms with Crippen molar-refractivity contribution >= 4 is 17.8 Å². The van der Waals surface area contributed by atoms with Crippen molar-refractivity contribution in [3.8, 4) is 11.5 Å². The number of hydrogen-bond donors (Lipinski definition) is 2. The van der Waals surface area contributed by atoms with Gasteiger partial charge in [0.15, 0.2) is 0 Å². The fraction of sp³-hybridized carbons (Fsp3) is 0.591. The Bertz CT molecular complexity index is 870. The van der Waals surface area contributed by atoms with Crippen LogP contribution in [0, 0.1) is 17.7 Å². The minimum absolute atomic E-state index is 0.0133. The van der Waals surface area contributed by atoms with E-state index >= 15 is 0 Å². The predicted octanol–water partition coefficient (Wildman–Crippen LogP) is 2.80. The number of esters is 2. The molecular formula is C22H30FNO7. The fourth-order valence-corrected chi connectivity index (χ4v) is 3.58. The molecule has 3 atom stereocenters. The summed E-state index contributed by atoms with van der Waals surface area (Å²) in [4.78, 5) is 38.0. The quantitative estimate of drug-likeness (QED) is 0.653. The van der Waals surface area contributed by atoms with Gasteiger partial charge in [0.2, 0.25) is 5.91 Å². The van der Waals surface area contributed by atoms with Gasteiger partial charge in [0, 0.05) is 23.6 Å². The highest BCUT2D eigenvalue weighted by Crippen LogP contribution is 2.45. The molecule has 1 amide bonds. The molecule has 0 spiro atoms. The molecule has 0 fully saturated rings. The summed E-state index contributed by atoms with van der Waals surface area (Å²) < 4.78 is 30.8. The summed E-state index contributed by atoms with van der Waals surface area (Å²) in [5, 5.41) is 9.62. The van der Waals surface area contributed by atoms with Crippen LogP contribution in [0.3, 0.4) is 0 Å². The van der Waals surface area contributed by atoms with Crippen LogP contribution in [0.4, 0.5) is 4.39 Å². The number of carbonyl (C=O) groups is 3. The van der Waals surface area contributed by atoms with E-state index in [2.05, 4.69) is 0 Å². The molecule has 1 heterocycles. The van der Waals surface area contributed by atoms with E-state index in [-0.39, 0.29) is 23.7 Å². The zero-order valence-corrected chi connectivity index (χ0v) is 18.7. The lowest BCUT2D eigenvalue weighted by Gasteiger charge is -2.30. The van der Waals surface area contributed by atoms with Gasteiger partial charge in [-0.25, -0.2) is 4.39 Å². The van der Waals surface area contributed by atoms with Crippen molar-refractivity contribution in [1.29, 1.82) is 0 Å². The van der Waals surface area contributed by atoms with E-state index in [1.807, 2.05) is 0 Å². The van der Waals surface area contributed by atoms with Crippen LogP contribution in [-0.2, 0) is 23.9 Å². The van der Waals surface area contributed by atoms with Crippen molar-refractivity contribution in [2.24, 2.45) is 17.6 Å². The Morgan fingerprint density at radius 2 is 1.74 bits per heavy atom. The maximum Gasteiger partial charge on any atom is 0.310 e. The van der Waals surface area contributed by atoms with Crippen LogP contribution in [0.5, 0.6) is 11.5 Å². The van der Waals surface area contributed by atoms with E-state index in [1.54, 1.807) is 41.5 Å². The number of ether oxygens (including phenoxy) is 3. The summed E-state index contributed by atoms with van der Waals surface area (Å²) in [6.45, 7) is 9.78. The maximum atomic E-state index is 14.6. The summed E-state index contributed by atoms with van der Waals surface area (Å²) in [5.41, 5.74) is 3.93. The average molecular weight is 439 g/mol. The number of rotatable bonds is 6. The molecule has 1 aromatic carbocycles. The van der Waals surface area contributed by atoms with Crippen molar-refractivity contribution in [3.63, 3.8) is 0 Å². The third-order valence-corrected chi connectivity index (χ3v) is 4.58. The van der Waals surface area contributed by atoms with Gasteiger partial charge in [0.1, 0.15) is 28.5 Å². The van der Waals surface area contributed by atoms with E-state index in [4.69, 9.17) is 19.9 Å². The molecule has 0 saturated heterocycles. The first-order valence-corrected chi connectivity index (χ1v) is 9.98. The largest absolute Gasteiger partial charge is 0.508 e. The summed E-state index contributed by atoms with van der Waals surface area (Å²) in [6, 6.07) is 2.10. The highest BCUT2D eigenvalue weighted by Gasteiger charge is 2.46. The number of halogens is 1. The van der Waals surface area contributed by atoms with Gasteiger partial charge in [0.25, 0.3) is 0 Å². The van der Waals surface area contributed by atoms with Gasteiger partial charge < -0.3 is 25.1 Å². The second-order valence-corrected chi connectivity index (χ2v) is 9.62. The Morgan fingerprint density at radius 3 is 2.26 bits per heavy atom. The Morgan fingerprint density at radius 1 is 1.16 bits per heavy atom. The number of hydrogen-bond acceptors (Lipinski definition) is 7. The summed E-state index contributed by atoms with van der Waals surface area (Å²) in [7, 11) is 0. The first kappa shape index (κ1) is 24.4. The van der Waals surface area contributed by atoms with Crippen LogP contribution >= 0.6 is 0 Å². The van der Waals surface area contributed by atoms with E-state index in [1.165, 1.54) is 6.07 Å². The SMILES string of the molecule is CC(C)(C)OC(=O)CC(C(=O)OC(C)(C)C)[C@@H](C(N)=O)C1COc2cc(O)cc(F)c21. The standard InChI is InChI=1S/C22H30FNO7/c1-21(2,3)30-16(26)9-12(20(28)31-22(4,5)6)17(19(24)27)13-10-29-15-8-11(25)7-14(23)18(13)15/h7-8,12-13,17,25H,9-10H2,1-6H3,(H2,24,27)/t12?,13?,17-/m1/s1. The minimum atomic E-state index is -1.32. The molecule has 1 aromatic rings. The molecule has 2 rings (SSSR count). The second kappa shape index (κ2) is 8.72. The Balaban J connectivity index is 2.47. The monoisotopic (exact) mass is 439 g/mol. The van der Waals surface area contributed by atoms with Gasteiger partial charge in [-0.15, -0.1) is 0 Å². The van der Waals surface area contributed by atoms with Crippen LogP contribution in [0.2, 0.25) is 0 Å². The van der Waals surface area contributed by atoms with Gasteiger partial charge in [-0.05, 0) is 41.5 Å². The van der Waals surface area contributed by atoms with Crippen molar-refractivity contribution in [1.82, 2.24) is 0 Å². The fourth-order valence-electron chi connectivity index (χ4n) is 3.58. The zero-order chi connectivity index (χ0) is 23.7. The molecule has 0 bridgehead atoms. The minimum Gasteiger partial charge on any atom is -0.508 e. The Labute approximate surface area is 180 Å². The molecule has 0 aliphatic carbocycles. The highest BCUT2D eigenvalue weighted by atomic mass is 19.1. The molecule has 0 radical (unpaired) electrons.